The minimum Gasteiger partial charge on any atom is -0.341 e. The molecular formula is C18H19ClN4OS2. The van der Waals surface area contributed by atoms with Crippen molar-refractivity contribution < 1.29 is 4.79 Å². The summed E-state index contributed by atoms with van der Waals surface area (Å²) in [5, 5.41) is 3.20. The predicted octanol–water partition coefficient (Wildman–Crippen LogP) is 4.46. The van der Waals surface area contributed by atoms with Crippen LogP contribution in [-0.2, 0) is 0 Å². The first-order valence-electron chi connectivity index (χ1n) is 8.63. The number of thioether (sulfide) groups is 2. The zero-order valence-corrected chi connectivity index (χ0v) is 16.5. The maximum Gasteiger partial charge on any atom is 0.276 e. The summed E-state index contributed by atoms with van der Waals surface area (Å²) in [4.78, 5) is 23.5. The number of amides is 1. The van der Waals surface area contributed by atoms with E-state index in [0.717, 1.165) is 31.6 Å². The van der Waals surface area contributed by atoms with Gasteiger partial charge in [-0.1, -0.05) is 23.7 Å². The van der Waals surface area contributed by atoms with E-state index in [2.05, 4.69) is 26.3 Å². The lowest BCUT2D eigenvalue weighted by Gasteiger charge is -2.16. The molecule has 0 spiro atoms. The van der Waals surface area contributed by atoms with Gasteiger partial charge in [-0.2, -0.15) is 0 Å². The highest BCUT2D eigenvalue weighted by Crippen LogP contribution is 2.45. The van der Waals surface area contributed by atoms with Crippen LogP contribution in [0.3, 0.4) is 0 Å². The fraction of sp³-hybridized carbons (Fsp3) is 0.389. The number of halogens is 1. The largest absolute Gasteiger partial charge is 0.341 e. The maximum absolute atomic E-state index is 12.7. The molecule has 0 atom stereocenters. The van der Waals surface area contributed by atoms with E-state index in [1.807, 2.05) is 41.7 Å². The first-order chi connectivity index (χ1) is 12.7. The van der Waals surface area contributed by atoms with Crippen LogP contribution < -0.4 is 10.2 Å². The second-order valence-corrected chi connectivity index (χ2v) is 9.35. The summed E-state index contributed by atoms with van der Waals surface area (Å²) in [6.45, 7) is 1.84. The van der Waals surface area contributed by atoms with Crippen LogP contribution in [-0.4, -0.2) is 40.5 Å². The van der Waals surface area contributed by atoms with E-state index in [0.29, 0.717) is 10.5 Å². The van der Waals surface area contributed by atoms with Crippen molar-refractivity contribution in [3.8, 4) is 0 Å². The third-order valence-electron chi connectivity index (χ3n) is 4.37. The molecule has 136 valence electrons. The Bertz CT molecular complexity index is 808. The molecule has 1 aromatic heterocycles. The Morgan fingerprint density at radius 2 is 2.00 bits per heavy atom. The summed E-state index contributed by atoms with van der Waals surface area (Å²) in [6.07, 6.45) is 3.76. The number of nitrogens with zero attached hydrogens (tertiary/aromatic N) is 3. The van der Waals surface area contributed by atoms with Gasteiger partial charge in [0.15, 0.2) is 5.69 Å². The Morgan fingerprint density at radius 1 is 1.23 bits per heavy atom. The van der Waals surface area contributed by atoms with Crippen molar-refractivity contribution in [1.82, 2.24) is 9.97 Å². The molecule has 2 fully saturated rings. The third-order valence-corrected chi connectivity index (χ3v) is 7.75. The van der Waals surface area contributed by atoms with Gasteiger partial charge in [0.25, 0.3) is 5.91 Å². The van der Waals surface area contributed by atoms with E-state index in [1.54, 1.807) is 0 Å². The summed E-state index contributed by atoms with van der Waals surface area (Å²) in [6, 6.07) is 8.00. The quantitative estimate of drug-likeness (QED) is 0.808. The SMILES string of the molecule is O=C(Nc1cccc(C2SCCS2)c1)c1nc(N2CCCC2)ncc1Cl. The molecule has 8 heteroatoms. The molecule has 4 rings (SSSR count). The lowest BCUT2D eigenvalue weighted by Crippen LogP contribution is -2.23. The van der Waals surface area contributed by atoms with Gasteiger partial charge in [-0.3, -0.25) is 4.79 Å². The highest BCUT2D eigenvalue weighted by Gasteiger charge is 2.21. The molecule has 1 amide bonds. The lowest BCUT2D eigenvalue weighted by molar-refractivity contribution is 0.102. The van der Waals surface area contributed by atoms with Crippen molar-refractivity contribution in [2.24, 2.45) is 0 Å². The van der Waals surface area contributed by atoms with Crippen LogP contribution in [0, 0.1) is 0 Å². The van der Waals surface area contributed by atoms with Crippen molar-refractivity contribution in [2.75, 3.05) is 34.8 Å². The van der Waals surface area contributed by atoms with Crippen molar-refractivity contribution in [1.29, 1.82) is 0 Å². The van der Waals surface area contributed by atoms with Crippen LogP contribution in [0.1, 0.15) is 33.5 Å². The Balaban J connectivity index is 1.52. The summed E-state index contributed by atoms with van der Waals surface area (Å²) < 4.78 is 0.441. The first kappa shape index (κ1) is 17.9. The molecule has 2 saturated heterocycles. The molecule has 0 radical (unpaired) electrons. The summed E-state index contributed by atoms with van der Waals surface area (Å²) in [5.74, 6) is 2.61. The van der Waals surface area contributed by atoms with Crippen LogP contribution in [0.2, 0.25) is 5.02 Å². The molecular weight excluding hydrogens is 388 g/mol. The van der Waals surface area contributed by atoms with Crippen LogP contribution in [0.15, 0.2) is 30.5 Å². The van der Waals surface area contributed by atoms with Gasteiger partial charge in [0.05, 0.1) is 15.8 Å². The third kappa shape index (κ3) is 3.94. The van der Waals surface area contributed by atoms with E-state index in [4.69, 9.17) is 11.6 Å². The fourth-order valence-corrected chi connectivity index (χ4v) is 6.11. The monoisotopic (exact) mass is 406 g/mol. The summed E-state index contributed by atoms with van der Waals surface area (Å²) in [5.41, 5.74) is 2.21. The number of carbonyl (C=O) groups is 1. The molecule has 26 heavy (non-hydrogen) atoms. The molecule has 3 heterocycles. The number of hydrogen-bond acceptors (Lipinski definition) is 6. The van der Waals surface area contributed by atoms with E-state index >= 15 is 0 Å². The van der Waals surface area contributed by atoms with Gasteiger partial charge in [0, 0.05) is 30.3 Å². The average molecular weight is 407 g/mol. The summed E-state index contributed by atoms with van der Waals surface area (Å²) >= 11 is 10.1. The second-order valence-electron chi connectivity index (χ2n) is 6.21. The van der Waals surface area contributed by atoms with Gasteiger partial charge < -0.3 is 10.2 Å². The van der Waals surface area contributed by atoms with Gasteiger partial charge in [-0.15, -0.1) is 23.5 Å². The van der Waals surface area contributed by atoms with Gasteiger partial charge >= 0.3 is 0 Å². The fourth-order valence-electron chi connectivity index (χ4n) is 3.09. The zero-order valence-electron chi connectivity index (χ0n) is 14.2. The minimum absolute atomic E-state index is 0.221. The topological polar surface area (TPSA) is 58.1 Å². The minimum atomic E-state index is -0.304. The van der Waals surface area contributed by atoms with Crippen molar-refractivity contribution in [3.63, 3.8) is 0 Å². The standard InChI is InChI=1S/C18H19ClN4OS2/c19-14-11-20-18(23-6-1-2-7-23)22-15(14)16(24)21-13-5-3-4-12(10-13)17-25-8-9-26-17/h3-5,10-11,17H,1-2,6-9H2,(H,21,24). The van der Waals surface area contributed by atoms with Gasteiger partial charge in [0.1, 0.15) is 0 Å². The number of carbonyl (C=O) groups excluding carboxylic acids is 1. The number of nitrogens with one attached hydrogen (secondary N) is 1. The van der Waals surface area contributed by atoms with E-state index in [9.17, 15) is 4.79 Å². The Morgan fingerprint density at radius 3 is 2.77 bits per heavy atom. The van der Waals surface area contributed by atoms with Crippen molar-refractivity contribution in [3.05, 3.63) is 46.7 Å². The number of benzene rings is 1. The molecule has 2 aromatic rings. The second kappa shape index (κ2) is 8.06. The molecule has 0 unspecified atom stereocenters. The number of anilines is 2. The number of hydrogen-bond donors (Lipinski definition) is 1. The Kier molecular flexibility index (Phi) is 5.57. The molecule has 5 nitrogen and oxygen atoms in total. The Hall–Kier alpha value is -1.44. The van der Waals surface area contributed by atoms with Crippen LogP contribution in [0.25, 0.3) is 0 Å². The molecule has 2 aliphatic rings. The zero-order chi connectivity index (χ0) is 17.9. The highest BCUT2D eigenvalue weighted by atomic mass is 35.5. The Labute approximate surface area is 166 Å². The van der Waals surface area contributed by atoms with Gasteiger partial charge in [-0.25, -0.2) is 9.97 Å². The van der Waals surface area contributed by atoms with Crippen LogP contribution >= 0.6 is 35.1 Å². The van der Waals surface area contributed by atoms with Gasteiger partial charge in [-0.05, 0) is 30.5 Å². The van der Waals surface area contributed by atoms with Gasteiger partial charge in [0.2, 0.25) is 5.95 Å². The van der Waals surface area contributed by atoms with Crippen LogP contribution in [0.5, 0.6) is 0 Å². The predicted molar refractivity (Wildman–Crippen MR) is 111 cm³/mol. The summed E-state index contributed by atoms with van der Waals surface area (Å²) in [7, 11) is 0. The van der Waals surface area contributed by atoms with E-state index in [-0.39, 0.29) is 16.6 Å². The van der Waals surface area contributed by atoms with E-state index in [1.165, 1.54) is 23.3 Å². The number of aromatic nitrogens is 2. The molecule has 2 aliphatic heterocycles. The highest BCUT2D eigenvalue weighted by molar-refractivity contribution is 8.19. The molecule has 0 aliphatic carbocycles. The first-order valence-corrected chi connectivity index (χ1v) is 11.1. The van der Waals surface area contributed by atoms with Crippen molar-refractivity contribution in [2.45, 2.75) is 17.4 Å². The normalized spacial score (nSPS) is 17.7. The van der Waals surface area contributed by atoms with E-state index < -0.39 is 0 Å². The average Bonchev–Trinajstić information content (AvgIpc) is 3.36. The molecule has 1 aromatic carbocycles. The molecule has 1 N–H and O–H groups in total. The maximum atomic E-state index is 12.7. The van der Waals surface area contributed by atoms with Crippen LogP contribution in [0.4, 0.5) is 11.6 Å². The number of rotatable bonds is 4. The molecule has 0 bridgehead atoms. The van der Waals surface area contributed by atoms with Crippen molar-refractivity contribution >= 4 is 52.7 Å². The molecule has 0 saturated carbocycles. The smallest absolute Gasteiger partial charge is 0.276 e. The lowest BCUT2D eigenvalue weighted by atomic mass is 10.2.